The Morgan fingerprint density at radius 2 is 1.25 bits per heavy atom. The van der Waals surface area contributed by atoms with Crippen molar-refractivity contribution in [3.05, 3.63) is 78.6 Å². The third kappa shape index (κ3) is 7.16. The number of carbonyl (C=O) groups excluding carboxylic acids is 3. The minimum atomic E-state index is -1.21. The van der Waals surface area contributed by atoms with E-state index in [1.54, 1.807) is 6.20 Å². The summed E-state index contributed by atoms with van der Waals surface area (Å²) in [5, 5.41) is 15.5. The van der Waals surface area contributed by atoms with Crippen LogP contribution in [0.2, 0.25) is 0 Å². The number of pyridine rings is 1. The van der Waals surface area contributed by atoms with Crippen LogP contribution in [0.1, 0.15) is 77.1 Å². The second-order valence-electron chi connectivity index (χ2n) is 17.2. The number of aromatic nitrogens is 5. The van der Waals surface area contributed by atoms with Crippen LogP contribution in [-0.2, 0) is 14.3 Å². The van der Waals surface area contributed by atoms with Gasteiger partial charge >= 0.3 is 12.2 Å². The third-order valence-corrected chi connectivity index (χ3v) is 12.6. The minimum absolute atomic E-state index is 0.103. The molecule has 4 aliphatic rings. The zero-order chi connectivity index (χ0) is 41.3. The van der Waals surface area contributed by atoms with Crippen LogP contribution < -0.4 is 10.6 Å². The van der Waals surface area contributed by atoms with Crippen LogP contribution in [0.3, 0.4) is 0 Å². The Morgan fingerprint density at radius 1 is 0.712 bits per heavy atom. The summed E-state index contributed by atoms with van der Waals surface area (Å²) in [6, 6.07) is 16.8. The van der Waals surface area contributed by atoms with Gasteiger partial charge in [-0.3, -0.25) is 9.59 Å². The summed E-state index contributed by atoms with van der Waals surface area (Å²) in [7, 11) is 1.30. The normalized spacial score (nSPS) is 23.8. The van der Waals surface area contributed by atoms with Crippen LogP contribution in [0.5, 0.6) is 0 Å². The molecule has 3 aromatic heterocycles. The first kappa shape index (κ1) is 38.3. The molecular weight excluding hydrogens is 751 g/mol. The Kier molecular flexibility index (Phi) is 9.63. The molecular formula is C44H49N9O6. The second kappa shape index (κ2) is 14.8. The van der Waals surface area contributed by atoms with Gasteiger partial charge in [-0.25, -0.2) is 24.5 Å². The number of hydrogen-bond donors (Lipinski definition) is 5. The first-order valence-electron chi connectivity index (χ1n) is 20.5. The molecule has 306 valence electrons. The predicted octanol–water partition coefficient (Wildman–Crippen LogP) is 6.68. The maximum Gasteiger partial charge on any atom is 0.407 e. The predicted molar refractivity (Wildman–Crippen MR) is 218 cm³/mol. The lowest BCUT2D eigenvalue weighted by Gasteiger charge is -2.31. The lowest BCUT2D eigenvalue weighted by atomic mass is 10.0. The largest absolute Gasteiger partial charge is 0.465 e. The summed E-state index contributed by atoms with van der Waals surface area (Å²) < 4.78 is 4.80. The smallest absolute Gasteiger partial charge is 0.407 e. The molecule has 15 nitrogen and oxygen atoms in total. The van der Waals surface area contributed by atoms with Crippen molar-refractivity contribution in [2.75, 3.05) is 7.11 Å². The van der Waals surface area contributed by atoms with Gasteiger partial charge in [0, 0.05) is 17.5 Å². The van der Waals surface area contributed by atoms with Gasteiger partial charge in [-0.05, 0) is 84.2 Å². The number of H-pyrrole nitrogens is 2. The molecule has 2 aliphatic heterocycles. The fourth-order valence-corrected chi connectivity index (χ4v) is 9.29. The Labute approximate surface area is 341 Å². The number of aromatic amines is 2. The van der Waals surface area contributed by atoms with E-state index >= 15 is 0 Å². The van der Waals surface area contributed by atoms with Crippen molar-refractivity contribution >= 4 is 34.9 Å². The number of imidazole rings is 2. The summed E-state index contributed by atoms with van der Waals surface area (Å²) in [5.74, 6) is 1.67. The highest BCUT2D eigenvalue weighted by Gasteiger charge is 2.57. The van der Waals surface area contributed by atoms with E-state index in [1.807, 2.05) is 61.9 Å². The van der Waals surface area contributed by atoms with Crippen molar-refractivity contribution in [2.24, 2.45) is 23.7 Å². The zero-order valence-corrected chi connectivity index (χ0v) is 33.7. The number of nitrogens with zero attached hydrogens (tertiary/aromatic N) is 5. The molecule has 2 aromatic carbocycles. The Morgan fingerprint density at radius 3 is 1.83 bits per heavy atom. The molecule has 5 N–H and O–H groups in total. The van der Waals surface area contributed by atoms with E-state index in [-0.39, 0.29) is 47.8 Å². The molecule has 0 bridgehead atoms. The lowest BCUT2D eigenvalue weighted by Crippen LogP contribution is -2.52. The molecule has 9 rings (SSSR count). The standard InChI is InChI=1S/C44H49N9O6/c1-21(2)37(50-43(56)57)41(54)52-33-15-28(33)18-36(52)40-46-20-32(49-40)30-13-11-26-14-25(10-12-29(26)47-30)23-6-8-24(9-7-23)31-19-45-39(48-31)35-17-27-16-34(27)53(35)42(55)38(22(3)4)51-44(58)59-5/h6-14,19-22,27-28,33-38,50H,15-18H2,1-5H3,(H,45,48)(H,46,49)(H,51,58)(H,56,57)/t27-,28-,33-,34-,35+,36+,37+,38+/m1/s1. The quantitative estimate of drug-likeness (QED) is 0.0968. The summed E-state index contributed by atoms with van der Waals surface area (Å²) in [6.45, 7) is 7.52. The van der Waals surface area contributed by atoms with Gasteiger partial charge < -0.3 is 40.2 Å². The van der Waals surface area contributed by atoms with Gasteiger partial charge in [0.25, 0.3) is 0 Å². The lowest BCUT2D eigenvalue weighted by molar-refractivity contribution is -0.137. The second-order valence-corrected chi connectivity index (χ2v) is 17.2. The number of nitrogens with one attached hydrogen (secondary N) is 4. The van der Waals surface area contributed by atoms with Gasteiger partial charge in [-0.2, -0.15) is 0 Å². The number of amides is 4. The van der Waals surface area contributed by atoms with Crippen molar-refractivity contribution < 1.29 is 29.0 Å². The minimum Gasteiger partial charge on any atom is -0.465 e. The molecule has 2 aliphatic carbocycles. The summed E-state index contributed by atoms with van der Waals surface area (Å²) in [4.78, 5) is 76.0. The average Bonchev–Trinajstić information content (AvgIpc) is 3.81. The number of piperidine rings is 2. The zero-order valence-electron chi connectivity index (χ0n) is 33.7. The molecule has 4 amide bonds. The number of hydrogen-bond acceptors (Lipinski definition) is 8. The van der Waals surface area contributed by atoms with Gasteiger partial charge in [0.05, 0.1) is 54.2 Å². The summed E-state index contributed by atoms with van der Waals surface area (Å²) >= 11 is 0. The molecule has 15 heteroatoms. The molecule has 59 heavy (non-hydrogen) atoms. The average molecular weight is 800 g/mol. The number of alkyl carbamates (subject to hydrolysis) is 1. The van der Waals surface area contributed by atoms with Gasteiger partial charge in [0.2, 0.25) is 11.8 Å². The van der Waals surface area contributed by atoms with E-state index in [0.29, 0.717) is 17.7 Å². The molecule has 0 spiro atoms. The van der Waals surface area contributed by atoms with Crippen molar-refractivity contribution in [3.63, 3.8) is 0 Å². The fraction of sp³-hybridized carbons (Fsp3) is 0.432. The summed E-state index contributed by atoms with van der Waals surface area (Å²) in [5.41, 5.74) is 6.26. The highest BCUT2D eigenvalue weighted by molar-refractivity contribution is 5.89. The number of ether oxygens (including phenoxy) is 1. The monoisotopic (exact) mass is 799 g/mol. The van der Waals surface area contributed by atoms with Crippen LogP contribution in [-0.4, -0.2) is 95.1 Å². The number of rotatable bonds is 11. The Bertz CT molecular complexity index is 2440. The molecule has 2 saturated heterocycles. The van der Waals surface area contributed by atoms with Crippen molar-refractivity contribution in [3.8, 4) is 33.8 Å². The van der Waals surface area contributed by atoms with Crippen molar-refractivity contribution in [1.82, 2.24) is 45.4 Å². The van der Waals surface area contributed by atoms with E-state index in [0.717, 1.165) is 76.2 Å². The number of carbonyl (C=O) groups is 4. The highest BCUT2D eigenvalue weighted by Crippen LogP contribution is 2.54. The first-order chi connectivity index (χ1) is 28.4. The van der Waals surface area contributed by atoms with Gasteiger partial charge in [-0.15, -0.1) is 0 Å². The number of carboxylic acid groups (broad SMARTS) is 1. The highest BCUT2D eigenvalue weighted by atomic mass is 16.5. The van der Waals surface area contributed by atoms with Gasteiger partial charge in [0.1, 0.15) is 23.7 Å². The van der Waals surface area contributed by atoms with Crippen LogP contribution in [0.15, 0.2) is 67.0 Å². The van der Waals surface area contributed by atoms with Crippen LogP contribution >= 0.6 is 0 Å². The maximum atomic E-state index is 13.8. The van der Waals surface area contributed by atoms with E-state index in [1.165, 1.54) is 7.11 Å². The Balaban J connectivity index is 0.883. The van der Waals surface area contributed by atoms with E-state index in [9.17, 15) is 24.3 Å². The number of likely N-dealkylation sites (tertiary alicyclic amines) is 2. The van der Waals surface area contributed by atoms with Gasteiger partial charge in [0.15, 0.2) is 0 Å². The molecule has 8 atom stereocenters. The number of fused-ring (bicyclic) bond motifs is 3. The molecule has 0 radical (unpaired) electrons. The van der Waals surface area contributed by atoms with Gasteiger partial charge in [-0.1, -0.05) is 64.1 Å². The molecule has 5 aromatic rings. The molecule has 2 saturated carbocycles. The topological polar surface area (TPSA) is 199 Å². The summed E-state index contributed by atoms with van der Waals surface area (Å²) in [6.07, 6.45) is 5.28. The Hall–Kier alpha value is -6.25. The number of methoxy groups -OCH3 is 1. The van der Waals surface area contributed by atoms with Crippen LogP contribution in [0.4, 0.5) is 9.59 Å². The molecule has 0 unspecified atom stereocenters. The third-order valence-electron chi connectivity index (χ3n) is 12.6. The van der Waals surface area contributed by atoms with Crippen molar-refractivity contribution in [2.45, 2.75) is 89.6 Å². The fourth-order valence-electron chi connectivity index (χ4n) is 9.29. The van der Waals surface area contributed by atoms with Crippen LogP contribution in [0.25, 0.3) is 44.7 Å². The molecule has 5 heterocycles. The van der Waals surface area contributed by atoms with Crippen molar-refractivity contribution in [1.29, 1.82) is 0 Å². The first-order valence-corrected chi connectivity index (χ1v) is 20.5. The number of benzene rings is 2. The maximum absolute atomic E-state index is 13.8. The molecule has 4 fully saturated rings. The van der Waals surface area contributed by atoms with E-state index in [4.69, 9.17) is 14.7 Å². The van der Waals surface area contributed by atoms with E-state index in [2.05, 4.69) is 62.0 Å². The SMILES string of the molecule is COC(=O)N[C@H](C(=O)N1[C@@H]2C[C@@H]2C[C@H]1c1ncc(-c2ccc(-c3ccc4nc(-c5cnc([C@@H]6C[C@H]7C[C@H]7N6C(=O)[C@@H](NC(=O)O)C(C)C)[nH]5)ccc4c3)cc2)[nH]1)C(C)C. The van der Waals surface area contributed by atoms with Crippen LogP contribution in [0, 0.1) is 23.7 Å². The van der Waals surface area contributed by atoms with E-state index < -0.39 is 24.3 Å².